The summed E-state index contributed by atoms with van der Waals surface area (Å²) in [5.41, 5.74) is 4.76. The Morgan fingerprint density at radius 2 is 1.68 bits per heavy atom. The molecule has 0 saturated carbocycles. The van der Waals surface area contributed by atoms with Crippen LogP contribution in [0.4, 0.5) is 17.1 Å². The highest BCUT2D eigenvalue weighted by Gasteiger charge is 2.20. The van der Waals surface area contributed by atoms with Gasteiger partial charge in [0.1, 0.15) is 12.1 Å². The van der Waals surface area contributed by atoms with Gasteiger partial charge in [-0.25, -0.2) is 4.68 Å². The van der Waals surface area contributed by atoms with Crippen LogP contribution in [0.25, 0.3) is 33.3 Å². The predicted octanol–water partition coefficient (Wildman–Crippen LogP) is 5.39. The summed E-state index contributed by atoms with van der Waals surface area (Å²) >= 11 is 0. The maximum absolute atomic E-state index is 13.4. The quantitative estimate of drug-likeness (QED) is 0.203. The van der Waals surface area contributed by atoms with E-state index in [0.29, 0.717) is 29.2 Å². The lowest BCUT2D eigenvalue weighted by molar-refractivity contribution is -0.142. The predicted molar refractivity (Wildman–Crippen MR) is 155 cm³/mol. The van der Waals surface area contributed by atoms with Crippen molar-refractivity contribution in [3.8, 4) is 22.4 Å². The fourth-order valence-electron chi connectivity index (χ4n) is 4.51. The van der Waals surface area contributed by atoms with E-state index in [1.54, 1.807) is 18.3 Å². The molecule has 9 nitrogen and oxygen atoms in total. The SMILES string of the molecule is CCn1nc(-c2c(NC(=O)CC(=O)OC)cccc2-c2ccccc2)cc(Nc2cccc3ncccc23)c1=O. The minimum absolute atomic E-state index is 0.291. The molecule has 1 amide bonds. The van der Waals surface area contributed by atoms with Gasteiger partial charge in [-0.15, -0.1) is 0 Å². The van der Waals surface area contributed by atoms with Gasteiger partial charge in [-0.3, -0.25) is 19.4 Å². The highest BCUT2D eigenvalue weighted by Crippen LogP contribution is 2.38. The van der Waals surface area contributed by atoms with Gasteiger partial charge < -0.3 is 15.4 Å². The van der Waals surface area contributed by atoms with Crippen molar-refractivity contribution in [2.45, 2.75) is 19.9 Å². The number of carbonyl (C=O) groups excluding carboxylic acids is 2. The number of methoxy groups -OCH3 is 1. The minimum atomic E-state index is -0.646. The molecule has 0 aliphatic heterocycles. The lowest BCUT2D eigenvalue weighted by Gasteiger charge is -2.18. The fourth-order valence-corrected chi connectivity index (χ4v) is 4.51. The van der Waals surface area contributed by atoms with Crippen molar-refractivity contribution in [3.63, 3.8) is 0 Å². The van der Waals surface area contributed by atoms with Crippen LogP contribution in [0.1, 0.15) is 13.3 Å². The second-order valence-corrected chi connectivity index (χ2v) is 8.96. The highest BCUT2D eigenvalue weighted by molar-refractivity contribution is 6.05. The number of anilines is 3. The number of aromatic nitrogens is 3. The van der Waals surface area contributed by atoms with Crippen molar-refractivity contribution in [1.29, 1.82) is 0 Å². The molecule has 0 radical (unpaired) electrons. The molecular weight excluding hydrogens is 506 g/mol. The Hall–Kier alpha value is -5.31. The molecule has 0 aliphatic carbocycles. The highest BCUT2D eigenvalue weighted by atomic mass is 16.5. The zero-order valence-electron chi connectivity index (χ0n) is 22.0. The number of benzene rings is 3. The molecule has 0 aliphatic rings. The van der Waals surface area contributed by atoms with Gasteiger partial charge in [-0.05, 0) is 54.4 Å². The molecule has 9 heteroatoms. The van der Waals surface area contributed by atoms with E-state index in [2.05, 4.69) is 25.5 Å². The number of pyridine rings is 1. The molecule has 0 spiro atoms. The van der Waals surface area contributed by atoms with Gasteiger partial charge in [0.25, 0.3) is 5.56 Å². The zero-order chi connectivity index (χ0) is 28.1. The monoisotopic (exact) mass is 533 g/mol. The van der Waals surface area contributed by atoms with Gasteiger partial charge in [0.15, 0.2) is 0 Å². The summed E-state index contributed by atoms with van der Waals surface area (Å²) in [7, 11) is 1.23. The van der Waals surface area contributed by atoms with E-state index in [4.69, 9.17) is 0 Å². The number of hydrogen-bond donors (Lipinski definition) is 2. The van der Waals surface area contributed by atoms with Crippen LogP contribution in [-0.4, -0.2) is 33.8 Å². The molecule has 40 heavy (non-hydrogen) atoms. The second-order valence-electron chi connectivity index (χ2n) is 8.96. The van der Waals surface area contributed by atoms with Gasteiger partial charge in [0.2, 0.25) is 5.91 Å². The number of hydrogen-bond acceptors (Lipinski definition) is 7. The summed E-state index contributed by atoms with van der Waals surface area (Å²) in [6.07, 6.45) is 1.28. The molecule has 200 valence electrons. The first kappa shape index (κ1) is 26.3. The van der Waals surface area contributed by atoms with Crippen LogP contribution in [0, 0.1) is 0 Å². The largest absolute Gasteiger partial charge is 0.469 e. The van der Waals surface area contributed by atoms with Gasteiger partial charge in [0.05, 0.1) is 24.0 Å². The third-order valence-electron chi connectivity index (χ3n) is 6.40. The molecule has 0 unspecified atom stereocenters. The van der Waals surface area contributed by atoms with Crippen LogP contribution in [0.5, 0.6) is 0 Å². The number of nitrogens with zero attached hydrogens (tertiary/aromatic N) is 3. The zero-order valence-corrected chi connectivity index (χ0v) is 22.0. The van der Waals surface area contributed by atoms with Gasteiger partial charge in [-0.2, -0.15) is 5.10 Å². The lowest BCUT2D eigenvalue weighted by Crippen LogP contribution is -2.25. The third kappa shape index (κ3) is 5.44. The molecule has 0 bridgehead atoms. The van der Waals surface area contributed by atoms with Crippen molar-refractivity contribution >= 4 is 39.8 Å². The summed E-state index contributed by atoms with van der Waals surface area (Å²) in [5, 5.41) is 11.7. The Morgan fingerprint density at radius 3 is 2.45 bits per heavy atom. The van der Waals surface area contributed by atoms with E-state index >= 15 is 0 Å². The molecule has 5 aromatic rings. The molecule has 2 heterocycles. The first-order chi connectivity index (χ1) is 19.5. The average Bonchev–Trinajstić information content (AvgIpc) is 2.98. The number of esters is 1. The number of nitrogens with one attached hydrogen (secondary N) is 2. The molecule has 0 saturated heterocycles. The number of amides is 1. The van der Waals surface area contributed by atoms with Crippen LogP contribution in [-0.2, 0) is 20.9 Å². The Kier molecular flexibility index (Phi) is 7.63. The van der Waals surface area contributed by atoms with Crippen molar-refractivity contribution in [3.05, 3.63) is 101 Å². The maximum Gasteiger partial charge on any atom is 0.315 e. The first-order valence-corrected chi connectivity index (χ1v) is 12.8. The van der Waals surface area contributed by atoms with Crippen LogP contribution in [0.2, 0.25) is 0 Å². The Morgan fingerprint density at radius 1 is 0.900 bits per heavy atom. The van der Waals surface area contributed by atoms with E-state index in [9.17, 15) is 14.4 Å². The molecule has 0 atom stereocenters. The van der Waals surface area contributed by atoms with Crippen molar-refractivity contribution in [1.82, 2.24) is 14.8 Å². The van der Waals surface area contributed by atoms with E-state index in [0.717, 1.165) is 27.7 Å². The second kappa shape index (κ2) is 11.6. The van der Waals surface area contributed by atoms with E-state index < -0.39 is 18.3 Å². The number of fused-ring (bicyclic) bond motifs is 1. The molecule has 5 rings (SSSR count). The van der Waals surface area contributed by atoms with Crippen LogP contribution < -0.4 is 16.2 Å². The van der Waals surface area contributed by atoms with Crippen molar-refractivity contribution in [2.24, 2.45) is 0 Å². The van der Waals surface area contributed by atoms with Gasteiger partial charge >= 0.3 is 5.97 Å². The van der Waals surface area contributed by atoms with Gasteiger partial charge in [0, 0.05) is 29.4 Å². The van der Waals surface area contributed by atoms with Crippen molar-refractivity contribution in [2.75, 3.05) is 17.7 Å². The first-order valence-electron chi connectivity index (χ1n) is 12.8. The van der Waals surface area contributed by atoms with Gasteiger partial charge in [-0.1, -0.05) is 48.5 Å². The maximum atomic E-state index is 13.4. The normalized spacial score (nSPS) is 10.8. The minimum Gasteiger partial charge on any atom is -0.469 e. The Bertz CT molecular complexity index is 1760. The Balaban J connectivity index is 1.68. The molecule has 3 aromatic carbocycles. The summed E-state index contributed by atoms with van der Waals surface area (Å²) in [5.74, 6) is -1.17. The summed E-state index contributed by atoms with van der Waals surface area (Å²) < 4.78 is 6.03. The summed E-state index contributed by atoms with van der Waals surface area (Å²) in [4.78, 5) is 42.3. The molecule has 2 aromatic heterocycles. The Labute approximate surface area is 230 Å². The number of ether oxygens (including phenoxy) is 1. The van der Waals surface area contributed by atoms with Crippen LogP contribution >= 0.6 is 0 Å². The number of rotatable bonds is 8. The smallest absolute Gasteiger partial charge is 0.315 e. The average molecular weight is 534 g/mol. The number of carbonyl (C=O) groups is 2. The topological polar surface area (TPSA) is 115 Å². The summed E-state index contributed by atoms with van der Waals surface area (Å²) in [6, 6.07) is 26.3. The standard InChI is InChI=1S/C31H27N5O4/c1-3-36-31(39)27(33-24-15-8-14-23-22(24)13-9-17-32-23)18-26(35-36)30-21(20-10-5-4-6-11-20)12-7-16-25(30)34-28(37)19-29(38)40-2/h4-18,33H,3,19H2,1-2H3,(H,34,37). The van der Waals surface area contributed by atoms with Crippen molar-refractivity contribution < 1.29 is 14.3 Å². The number of aryl methyl sites for hydroxylation is 1. The van der Waals surface area contributed by atoms with E-state index in [-0.39, 0.29) is 5.56 Å². The molecular formula is C31H27N5O4. The van der Waals surface area contributed by atoms with E-state index in [1.807, 2.05) is 79.7 Å². The molecule has 2 N–H and O–H groups in total. The summed E-state index contributed by atoms with van der Waals surface area (Å²) in [6.45, 7) is 2.17. The van der Waals surface area contributed by atoms with Crippen LogP contribution in [0.15, 0.2) is 95.9 Å². The molecule has 0 fully saturated rings. The third-order valence-corrected chi connectivity index (χ3v) is 6.40. The fraction of sp³-hybridized carbons (Fsp3) is 0.129. The van der Waals surface area contributed by atoms with Crippen LogP contribution in [0.3, 0.4) is 0 Å². The van der Waals surface area contributed by atoms with E-state index in [1.165, 1.54) is 11.8 Å². The lowest BCUT2D eigenvalue weighted by atomic mass is 9.95.